The van der Waals surface area contributed by atoms with Gasteiger partial charge in [-0.15, -0.1) is 11.3 Å². The number of nitrogens with one attached hydrogen (secondary N) is 2. The van der Waals surface area contributed by atoms with E-state index in [2.05, 4.69) is 15.5 Å². The second-order valence-corrected chi connectivity index (χ2v) is 9.13. The minimum Gasteiger partial charge on any atom is -0.326 e. The van der Waals surface area contributed by atoms with Crippen LogP contribution >= 0.6 is 11.3 Å². The van der Waals surface area contributed by atoms with Gasteiger partial charge in [-0.25, -0.2) is 8.78 Å². The van der Waals surface area contributed by atoms with E-state index >= 15 is 0 Å². The van der Waals surface area contributed by atoms with Crippen LogP contribution in [0.25, 0.3) is 0 Å². The Labute approximate surface area is 172 Å². The molecular formula is C21H23F2N3O2S. The molecule has 1 saturated carbocycles. The van der Waals surface area contributed by atoms with Crippen molar-refractivity contribution >= 4 is 33.8 Å². The highest BCUT2D eigenvalue weighted by atomic mass is 32.1. The number of amides is 2. The predicted octanol–water partition coefficient (Wildman–Crippen LogP) is 4.23. The van der Waals surface area contributed by atoms with E-state index in [1.54, 1.807) is 11.3 Å². The molecule has 29 heavy (non-hydrogen) atoms. The van der Waals surface area contributed by atoms with Gasteiger partial charge in [0.25, 0.3) is 0 Å². The standard InChI is InChI=1S/C21H23F2N3O2S/c1-13(27)24-19-5-3-15(29-19)12-26-8-6-21(7-9-26)11-16(21)20(28)25-14-2-4-17(22)18(23)10-14/h2-5,10,16H,6-9,11-12H2,1H3,(H,24,27)(H,25,28)/t16-/m1/s1. The van der Waals surface area contributed by atoms with Crippen molar-refractivity contribution in [2.45, 2.75) is 32.7 Å². The molecule has 1 spiro atoms. The van der Waals surface area contributed by atoms with Crippen LogP contribution in [0.5, 0.6) is 0 Å². The Kier molecular flexibility index (Phi) is 5.40. The zero-order valence-electron chi connectivity index (χ0n) is 16.1. The molecule has 1 aromatic carbocycles. The molecule has 1 aliphatic heterocycles. The van der Waals surface area contributed by atoms with Crippen molar-refractivity contribution in [3.8, 4) is 0 Å². The van der Waals surface area contributed by atoms with E-state index in [0.29, 0.717) is 5.69 Å². The Morgan fingerprint density at radius 3 is 2.59 bits per heavy atom. The summed E-state index contributed by atoms with van der Waals surface area (Å²) in [5, 5.41) is 6.38. The fraction of sp³-hybridized carbons (Fsp3) is 0.429. The van der Waals surface area contributed by atoms with Gasteiger partial charge in [-0.1, -0.05) is 0 Å². The molecule has 0 radical (unpaired) electrons. The molecule has 2 aromatic rings. The number of halogens is 2. The zero-order valence-corrected chi connectivity index (χ0v) is 17.0. The molecule has 0 unspecified atom stereocenters. The monoisotopic (exact) mass is 419 g/mol. The maximum Gasteiger partial charge on any atom is 0.228 e. The summed E-state index contributed by atoms with van der Waals surface area (Å²) >= 11 is 1.58. The van der Waals surface area contributed by atoms with Crippen molar-refractivity contribution in [1.82, 2.24) is 4.90 Å². The van der Waals surface area contributed by atoms with Gasteiger partial charge in [0.1, 0.15) is 0 Å². The van der Waals surface area contributed by atoms with Crippen LogP contribution in [0.3, 0.4) is 0 Å². The Balaban J connectivity index is 1.27. The topological polar surface area (TPSA) is 61.4 Å². The van der Waals surface area contributed by atoms with Crippen LogP contribution < -0.4 is 10.6 Å². The molecule has 8 heteroatoms. The number of piperidine rings is 1. The highest BCUT2D eigenvalue weighted by molar-refractivity contribution is 7.16. The first-order valence-corrected chi connectivity index (χ1v) is 10.5. The quantitative estimate of drug-likeness (QED) is 0.763. The van der Waals surface area contributed by atoms with E-state index in [9.17, 15) is 18.4 Å². The molecule has 4 rings (SSSR count). The van der Waals surface area contributed by atoms with Crippen molar-refractivity contribution in [2.24, 2.45) is 11.3 Å². The number of hydrogen-bond acceptors (Lipinski definition) is 4. The predicted molar refractivity (Wildman–Crippen MR) is 109 cm³/mol. The zero-order chi connectivity index (χ0) is 20.6. The van der Waals surface area contributed by atoms with Crippen molar-refractivity contribution in [1.29, 1.82) is 0 Å². The smallest absolute Gasteiger partial charge is 0.228 e. The SMILES string of the molecule is CC(=O)Nc1ccc(CN2CCC3(CC2)C[C@@H]3C(=O)Nc2ccc(F)c(F)c2)s1. The van der Waals surface area contributed by atoms with E-state index in [-0.39, 0.29) is 23.1 Å². The van der Waals surface area contributed by atoms with E-state index < -0.39 is 11.6 Å². The van der Waals surface area contributed by atoms with Crippen molar-refractivity contribution in [3.63, 3.8) is 0 Å². The van der Waals surface area contributed by atoms with Crippen molar-refractivity contribution in [3.05, 3.63) is 46.8 Å². The van der Waals surface area contributed by atoms with Crippen LogP contribution in [0, 0.1) is 23.0 Å². The van der Waals surface area contributed by atoms with E-state index in [4.69, 9.17) is 0 Å². The van der Waals surface area contributed by atoms with E-state index in [0.717, 1.165) is 56.0 Å². The molecule has 2 heterocycles. The lowest BCUT2D eigenvalue weighted by Gasteiger charge is -2.32. The third-order valence-electron chi connectivity index (χ3n) is 5.89. The van der Waals surface area contributed by atoms with Gasteiger partial charge >= 0.3 is 0 Å². The number of benzene rings is 1. The Hall–Kier alpha value is -2.32. The summed E-state index contributed by atoms with van der Waals surface area (Å²) < 4.78 is 26.4. The number of hydrogen-bond donors (Lipinski definition) is 2. The van der Waals surface area contributed by atoms with Crippen LogP contribution in [0.1, 0.15) is 31.1 Å². The molecular weight excluding hydrogens is 396 g/mol. The Morgan fingerprint density at radius 2 is 1.90 bits per heavy atom. The van der Waals surface area contributed by atoms with Crippen LogP contribution in [0.4, 0.5) is 19.5 Å². The number of nitrogens with zero attached hydrogens (tertiary/aromatic N) is 1. The average Bonchev–Trinajstić information content (AvgIpc) is 3.20. The summed E-state index contributed by atoms with van der Waals surface area (Å²) in [6, 6.07) is 7.38. The van der Waals surface area contributed by atoms with Gasteiger partial charge in [0, 0.05) is 36.0 Å². The largest absolute Gasteiger partial charge is 0.326 e. The molecule has 5 nitrogen and oxygen atoms in total. The molecule has 2 amide bonds. The van der Waals surface area contributed by atoms with Gasteiger partial charge in [-0.05, 0) is 62.0 Å². The lowest BCUT2D eigenvalue weighted by molar-refractivity contribution is -0.118. The summed E-state index contributed by atoms with van der Waals surface area (Å²) in [4.78, 5) is 27.2. The van der Waals surface area contributed by atoms with Gasteiger partial charge in [-0.2, -0.15) is 0 Å². The fourth-order valence-corrected chi connectivity index (χ4v) is 5.15. The summed E-state index contributed by atoms with van der Waals surface area (Å²) in [7, 11) is 0. The third kappa shape index (κ3) is 4.48. The molecule has 1 atom stereocenters. The highest BCUT2D eigenvalue weighted by Gasteiger charge is 2.58. The molecule has 2 aliphatic rings. The Bertz CT molecular complexity index is 938. The first-order valence-electron chi connectivity index (χ1n) is 9.69. The minimum atomic E-state index is -0.961. The molecule has 1 saturated heterocycles. The minimum absolute atomic E-state index is 0.0377. The maximum absolute atomic E-state index is 13.3. The first kappa shape index (κ1) is 20.0. The van der Waals surface area contributed by atoms with Gasteiger partial charge in [0.05, 0.1) is 5.00 Å². The molecule has 2 fully saturated rings. The van der Waals surface area contributed by atoms with E-state index in [1.807, 2.05) is 12.1 Å². The van der Waals surface area contributed by atoms with Crippen molar-refractivity contribution in [2.75, 3.05) is 23.7 Å². The number of anilines is 2. The van der Waals surface area contributed by atoms with Crippen LogP contribution in [-0.4, -0.2) is 29.8 Å². The lowest BCUT2D eigenvalue weighted by atomic mass is 9.90. The van der Waals surface area contributed by atoms with Crippen molar-refractivity contribution < 1.29 is 18.4 Å². The number of carbonyl (C=O) groups excluding carboxylic acids is 2. The highest BCUT2D eigenvalue weighted by Crippen LogP contribution is 2.59. The van der Waals surface area contributed by atoms with Crippen LogP contribution in [0.15, 0.2) is 30.3 Å². The summed E-state index contributed by atoms with van der Waals surface area (Å²) in [6.07, 6.45) is 2.75. The number of carbonyl (C=O) groups is 2. The summed E-state index contributed by atoms with van der Waals surface area (Å²) in [5.41, 5.74) is 0.330. The summed E-state index contributed by atoms with van der Waals surface area (Å²) in [6.45, 7) is 4.18. The normalized spacial score (nSPS) is 20.4. The van der Waals surface area contributed by atoms with E-state index in [1.165, 1.54) is 17.9 Å². The fourth-order valence-electron chi connectivity index (χ4n) is 4.15. The number of likely N-dealkylation sites (tertiary alicyclic amines) is 1. The van der Waals surface area contributed by atoms with Gasteiger partial charge in [-0.3, -0.25) is 14.5 Å². The Morgan fingerprint density at radius 1 is 1.14 bits per heavy atom. The molecule has 0 bridgehead atoms. The number of rotatable bonds is 5. The van der Waals surface area contributed by atoms with Gasteiger partial charge < -0.3 is 10.6 Å². The third-order valence-corrected chi connectivity index (χ3v) is 6.87. The lowest BCUT2D eigenvalue weighted by Crippen LogP contribution is -2.35. The second-order valence-electron chi connectivity index (χ2n) is 7.96. The average molecular weight is 419 g/mol. The molecule has 2 N–H and O–H groups in total. The molecule has 1 aromatic heterocycles. The second kappa shape index (κ2) is 7.84. The van der Waals surface area contributed by atoms with Gasteiger partial charge in [0.2, 0.25) is 11.8 Å². The molecule has 1 aliphatic carbocycles. The molecule has 154 valence electrons. The van der Waals surface area contributed by atoms with Gasteiger partial charge in [0.15, 0.2) is 11.6 Å². The van der Waals surface area contributed by atoms with Crippen LogP contribution in [0.2, 0.25) is 0 Å². The summed E-state index contributed by atoms with van der Waals surface area (Å²) in [5.74, 6) is -2.13. The maximum atomic E-state index is 13.3. The first-order chi connectivity index (χ1) is 13.8. The number of thiophene rings is 1. The van der Waals surface area contributed by atoms with Crippen LogP contribution in [-0.2, 0) is 16.1 Å².